The first-order valence-corrected chi connectivity index (χ1v) is 7.86. The van der Waals surface area contributed by atoms with Crippen LogP contribution in [-0.2, 0) is 0 Å². The van der Waals surface area contributed by atoms with Gasteiger partial charge in [-0.15, -0.1) is 11.3 Å². The molecule has 1 aromatic carbocycles. The van der Waals surface area contributed by atoms with E-state index in [4.69, 9.17) is 16.3 Å². The average Bonchev–Trinajstić information content (AvgIpc) is 2.77. The molecule has 0 radical (unpaired) electrons. The predicted octanol–water partition coefficient (Wildman–Crippen LogP) is 4.91. The number of carbonyl (C=O) groups is 1. The van der Waals surface area contributed by atoms with Gasteiger partial charge in [-0.1, -0.05) is 29.8 Å². The number of halogens is 2. The lowest BCUT2D eigenvalue weighted by Crippen LogP contribution is -2.20. The van der Waals surface area contributed by atoms with Gasteiger partial charge in [0.2, 0.25) is 0 Å². The number of rotatable bonds is 2. The van der Waals surface area contributed by atoms with Gasteiger partial charge >= 0.3 is 0 Å². The monoisotopic (exact) mass is 356 g/mol. The summed E-state index contributed by atoms with van der Waals surface area (Å²) in [5.74, 6) is 0.800. The van der Waals surface area contributed by atoms with Crippen LogP contribution in [0.5, 0.6) is 5.75 Å². The van der Waals surface area contributed by atoms with Crippen LogP contribution in [0, 0.1) is 0 Å². The second-order valence-corrected chi connectivity index (χ2v) is 7.10. The van der Waals surface area contributed by atoms with E-state index < -0.39 is 0 Å². The van der Waals surface area contributed by atoms with Crippen molar-refractivity contribution in [1.29, 1.82) is 0 Å². The predicted molar refractivity (Wildman–Crippen MR) is 80.7 cm³/mol. The molecule has 0 aliphatic carbocycles. The third-order valence-electron chi connectivity index (χ3n) is 3.16. The standard InChI is InChI=1S/C14H10BrClO2S/c15-14-10(16)7-12(19-14)13(17)9-5-6-18-11-4-2-1-3-8(9)11/h1-4,7,9H,5-6H2. The molecule has 0 fully saturated rings. The van der Waals surface area contributed by atoms with Gasteiger partial charge in [-0.3, -0.25) is 4.79 Å². The zero-order chi connectivity index (χ0) is 13.4. The average molecular weight is 358 g/mol. The molecular weight excluding hydrogens is 348 g/mol. The van der Waals surface area contributed by atoms with E-state index in [0.29, 0.717) is 22.9 Å². The molecule has 19 heavy (non-hydrogen) atoms. The third kappa shape index (κ3) is 2.45. The molecule has 1 aliphatic heterocycles. The summed E-state index contributed by atoms with van der Waals surface area (Å²) in [5.41, 5.74) is 0.972. The molecule has 2 heterocycles. The summed E-state index contributed by atoms with van der Waals surface area (Å²) in [6, 6.07) is 9.46. The van der Waals surface area contributed by atoms with Crippen LogP contribution >= 0.6 is 38.9 Å². The van der Waals surface area contributed by atoms with Gasteiger partial charge in [0, 0.05) is 5.56 Å². The first-order valence-electron chi connectivity index (χ1n) is 5.87. The summed E-state index contributed by atoms with van der Waals surface area (Å²) in [6.45, 7) is 0.577. The highest BCUT2D eigenvalue weighted by molar-refractivity contribution is 9.11. The maximum absolute atomic E-state index is 12.6. The minimum absolute atomic E-state index is 0.119. The topological polar surface area (TPSA) is 26.3 Å². The minimum atomic E-state index is -0.133. The van der Waals surface area contributed by atoms with Crippen molar-refractivity contribution in [3.05, 3.63) is 49.6 Å². The Morgan fingerprint density at radius 1 is 1.42 bits per heavy atom. The Bertz CT molecular complexity index is 619. The number of fused-ring (bicyclic) bond motifs is 1. The molecule has 0 spiro atoms. The molecule has 0 amide bonds. The van der Waals surface area contributed by atoms with E-state index in [1.54, 1.807) is 6.07 Å². The van der Waals surface area contributed by atoms with Crippen molar-refractivity contribution in [2.24, 2.45) is 0 Å². The molecule has 2 nitrogen and oxygen atoms in total. The summed E-state index contributed by atoms with van der Waals surface area (Å²) >= 11 is 10.7. The normalized spacial score (nSPS) is 17.7. The Balaban J connectivity index is 1.97. The zero-order valence-electron chi connectivity index (χ0n) is 9.86. The molecule has 2 aromatic rings. The van der Waals surface area contributed by atoms with Crippen molar-refractivity contribution in [2.75, 3.05) is 6.61 Å². The van der Waals surface area contributed by atoms with Crippen LogP contribution in [0.2, 0.25) is 5.02 Å². The molecule has 5 heteroatoms. The fraction of sp³-hybridized carbons (Fsp3) is 0.214. The molecule has 0 saturated carbocycles. The Labute approximate surface area is 128 Å². The van der Waals surface area contributed by atoms with Gasteiger partial charge in [0.1, 0.15) is 5.75 Å². The number of thiophene rings is 1. The molecule has 3 rings (SSSR count). The number of ether oxygens (including phenoxy) is 1. The highest BCUT2D eigenvalue weighted by Gasteiger charge is 2.29. The summed E-state index contributed by atoms with van der Waals surface area (Å²) in [5, 5.41) is 0.591. The molecular formula is C14H10BrClO2S. The van der Waals surface area contributed by atoms with Gasteiger partial charge in [0.25, 0.3) is 0 Å². The minimum Gasteiger partial charge on any atom is -0.493 e. The van der Waals surface area contributed by atoms with Gasteiger partial charge < -0.3 is 4.74 Å². The van der Waals surface area contributed by atoms with E-state index in [1.165, 1.54) is 11.3 Å². The number of hydrogen-bond donors (Lipinski definition) is 0. The summed E-state index contributed by atoms with van der Waals surface area (Å²) in [7, 11) is 0. The number of hydrogen-bond acceptors (Lipinski definition) is 3. The number of ketones is 1. The molecule has 0 saturated heterocycles. The van der Waals surface area contributed by atoms with E-state index in [1.807, 2.05) is 24.3 Å². The van der Waals surface area contributed by atoms with Crippen LogP contribution in [0.15, 0.2) is 34.1 Å². The van der Waals surface area contributed by atoms with Crippen molar-refractivity contribution < 1.29 is 9.53 Å². The van der Waals surface area contributed by atoms with Gasteiger partial charge in [0.15, 0.2) is 5.78 Å². The van der Waals surface area contributed by atoms with E-state index in [2.05, 4.69) is 15.9 Å². The number of benzene rings is 1. The highest BCUT2D eigenvalue weighted by Crippen LogP contribution is 2.39. The first-order chi connectivity index (χ1) is 9.16. The van der Waals surface area contributed by atoms with E-state index in [9.17, 15) is 4.79 Å². The summed E-state index contributed by atoms with van der Waals surface area (Å²) < 4.78 is 6.39. The molecule has 1 aliphatic rings. The van der Waals surface area contributed by atoms with Gasteiger partial charge in [-0.2, -0.15) is 0 Å². The molecule has 0 N–H and O–H groups in total. The number of carbonyl (C=O) groups excluding carboxylic acids is 1. The first kappa shape index (κ1) is 13.2. The van der Waals surface area contributed by atoms with Gasteiger partial charge in [-0.05, 0) is 34.5 Å². The van der Waals surface area contributed by atoms with Crippen molar-refractivity contribution >= 4 is 44.7 Å². The maximum atomic E-state index is 12.6. The van der Waals surface area contributed by atoms with Crippen LogP contribution in [0.25, 0.3) is 0 Å². The Morgan fingerprint density at radius 3 is 2.95 bits per heavy atom. The lowest BCUT2D eigenvalue weighted by atomic mass is 9.89. The Morgan fingerprint density at radius 2 is 2.21 bits per heavy atom. The Hall–Kier alpha value is -0.840. The maximum Gasteiger partial charge on any atom is 0.180 e. The molecule has 98 valence electrons. The highest BCUT2D eigenvalue weighted by atomic mass is 79.9. The SMILES string of the molecule is O=C(c1cc(Cl)c(Br)s1)C1CCOc2ccccc21. The fourth-order valence-electron chi connectivity index (χ4n) is 2.25. The lowest BCUT2D eigenvalue weighted by molar-refractivity contribution is 0.0937. The molecule has 1 atom stereocenters. The quantitative estimate of drug-likeness (QED) is 0.714. The zero-order valence-corrected chi connectivity index (χ0v) is 13.0. The van der Waals surface area contributed by atoms with Gasteiger partial charge in [-0.25, -0.2) is 0 Å². The molecule has 1 aromatic heterocycles. The lowest BCUT2D eigenvalue weighted by Gasteiger charge is -2.24. The smallest absolute Gasteiger partial charge is 0.180 e. The van der Waals surface area contributed by atoms with E-state index in [-0.39, 0.29) is 11.7 Å². The third-order valence-corrected chi connectivity index (χ3v) is 5.65. The van der Waals surface area contributed by atoms with Crippen LogP contribution in [0.4, 0.5) is 0 Å². The largest absolute Gasteiger partial charge is 0.493 e. The van der Waals surface area contributed by atoms with Crippen molar-refractivity contribution in [3.8, 4) is 5.75 Å². The van der Waals surface area contributed by atoms with Crippen molar-refractivity contribution in [1.82, 2.24) is 0 Å². The van der Waals surface area contributed by atoms with Crippen molar-refractivity contribution in [2.45, 2.75) is 12.3 Å². The number of Topliss-reactive ketones (excluding diaryl/α,β-unsaturated/α-hetero) is 1. The number of para-hydroxylation sites is 1. The van der Waals surface area contributed by atoms with Crippen LogP contribution in [0.1, 0.15) is 27.6 Å². The van der Waals surface area contributed by atoms with Gasteiger partial charge in [0.05, 0.1) is 26.2 Å². The Kier molecular flexibility index (Phi) is 3.65. The van der Waals surface area contributed by atoms with Crippen LogP contribution in [0.3, 0.4) is 0 Å². The van der Waals surface area contributed by atoms with Crippen LogP contribution < -0.4 is 4.74 Å². The van der Waals surface area contributed by atoms with Crippen LogP contribution in [-0.4, -0.2) is 12.4 Å². The van der Waals surface area contributed by atoms with E-state index >= 15 is 0 Å². The second-order valence-electron chi connectivity index (χ2n) is 4.32. The van der Waals surface area contributed by atoms with E-state index in [0.717, 1.165) is 15.1 Å². The fourth-order valence-corrected chi connectivity index (χ4v) is 3.95. The van der Waals surface area contributed by atoms with Crippen molar-refractivity contribution in [3.63, 3.8) is 0 Å². The molecule has 0 bridgehead atoms. The summed E-state index contributed by atoms with van der Waals surface area (Å²) in [4.78, 5) is 13.3. The second kappa shape index (κ2) is 5.27. The molecule has 1 unspecified atom stereocenters. The summed E-state index contributed by atoms with van der Waals surface area (Å²) in [6.07, 6.45) is 0.711.